The molecule has 12 heteroatoms. The van der Waals surface area contributed by atoms with Crippen LogP contribution >= 0.6 is 11.8 Å². The zero-order valence-electron chi connectivity index (χ0n) is 26.2. The standard InChI is InChI=1S/C31H44N2O8SSi/c1-9-32-29(34)40-30-33-25-27(38-18-20-10-12-21(35-5)13-11-20)26(41-43(7,8)31(2,3)4)24(39-28(25)42-30)19-37-23-16-14-22(36-6)15-17-23/h10-17,24-28H,9,18-19H2,1-8H3,(H,32,34)/t24-,25-,26-,27-,28-/m1/s1. The topological polar surface area (TPSA) is 106 Å². The van der Waals surface area contributed by atoms with E-state index in [1.54, 1.807) is 14.2 Å². The van der Waals surface area contributed by atoms with Gasteiger partial charge in [0.15, 0.2) is 8.32 Å². The van der Waals surface area contributed by atoms with Crippen molar-refractivity contribution in [2.75, 3.05) is 27.4 Å². The first-order valence-electron chi connectivity index (χ1n) is 14.5. The van der Waals surface area contributed by atoms with Gasteiger partial charge in [0, 0.05) is 6.54 Å². The molecular formula is C31H44N2O8SSi. The van der Waals surface area contributed by atoms with E-state index >= 15 is 0 Å². The summed E-state index contributed by atoms with van der Waals surface area (Å²) in [6, 6.07) is 14.7. The number of amides is 1. The number of nitrogens with zero attached hydrogens (tertiary/aromatic N) is 1. The van der Waals surface area contributed by atoms with Gasteiger partial charge in [-0.3, -0.25) is 0 Å². The molecule has 5 atom stereocenters. The van der Waals surface area contributed by atoms with Crippen LogP contribution in [0.5, 0.6) is 17.2 Å². The van der Waals surface area contributed by atoms with Gasteiger partial charge >= 0.3 is 6.09 Å². The Kier molecular flexibility index (Phi) is 11.0. The number of nitrogens with one attached hydrogen (secondary N) is 1. The van der Waals surface area contributed by atoms with Crippen LogP contribution in [0.2, 0.25) is 18.1 Å². The molecule has 0 aromatic heterocycles. The second kappa shape index (κ2) is 14.3. The maximum atomic E-state index is 12.2. The molecule has 0 unspecified atom stereocenters. The number of benzene rings is 2. The highest BCUT2D eigenvalue weighted by atomic mass is 32.2. The molecule has 236 valence electrons. The lowest BCUT2D eigenvalue weighted by Crippen LogP contribution is -2.62. The summed E-state index contributed by atoms with van der Waals surface area (Å²) in [5.74, 6) is 2.20. The van der Waals surface area contributed by atoms with Crippen molar-refractivity contribution in [3.05, 3.63) is 54.1 Å². The molecule has 43 heavy (non-hydrogen) atoms. The minimum absolute atomic E-state index is 0.0635. The fraction of sp³-hybridized carbons (Fsp3) is 0.548. The normalized spacial score (nSPS) is 23.6. The van der Waals surface area contributed by atoms with Crippen LogP contribution in [0.3, 0.4) is 0 Å². The number of thioether (sulfide) groups is 1. The summed E-state index contributed by atoms with van der Waals surface area (Å²) in [4.78, 5) is 17.0. The van der Waals surface area contributed by atoms with Crippen molar-refractivity contribution in [1.82, 2.24) is 5.32 Å². The first-order valence-corrected chi connectivity index (χ1v) is 18.3. The van der Waals surface area contributed by atoms with Gasteiger partial charge in [0.1, 0.15) is 53.6 Å². The second-order valence-electron chi connectivity index (χ2n) is 11.9. The summed E-state index contributed by atoms with van der Waals surface area (Å²) in [5.41, 5.74) is 0.531. The van der Waals surface area contributed by atoms with E-state index in [0.29, 0.717) is 18.9 Å². The van der Waals surface area contributed by atoms with E-state index in [1.807, 2.05) is 55.5 Å². The SMILES string of the molecule is CCNC(=O)OC1=N[C@@H]2[C@@H](OCc3ccc(OC)cc3)[C@H](O[Si](C)(C)C(C)(C)C)[C@@H](COc3ccc(OC)cc3)O[C@@H]2S1. The van der Waals surface area contributed by atoms with E-state index in [2.05, 4.69) is 39.2 Å². The summed E-state index contributed by atoms with van der Waals surface area (Å²) < 4.78 is 42.7. The minimum atomic E-state index is -2.31. The zero-order valence-corrected chi connectivity index (χ0v) is 28.1. The van der Waals surface area contributed by atoms with Crippen molar-refractivity contribution in [2.45, 2.75) is 82.2 Å². The molecule has 1 saturated heterocycles. The van der Waals surface area contributed by atoms with Crippen LogP contribution in [-0.2, 0) is 25.2 Å². The molecule has 1 fully saturated rings. The summed E-state index contributed by atoms with van der Waals surface area (Å²) >= 11 is 1.27. The Bertz CT molecular complexity index is 1240. The number of carbonyl (C=O) groups excluding carboxylic acids is 1. The summed E-state index contributed by atoms with van der Waals surface area (Å²) in [6.07, 6.45) is -2.03. The van der Waals surface area contributed by atoms with Crippen LogP contribution in [0.1, 0.15) is 33.3 Å². The van der Waals surface area contributed by atoms with Gasteiger partial charge in [0.2, 0.25) is 0 Å². The highest BCUT2D eigenvalue weighted by Gasteiger charge is 2.54. The average Bonchev–Trinajstić information content (AvgIpc) is 3.37. The van der Waals surface area contributed by atoms with E-state index < -0.39 is 44.2 Å². The Hall–Kier alpha value is -2.77. The monoisotopic (exact) mass is 632 g/mol. The van der Waals surface area contributed by atoms with Crippen molar-refractivity contribution in [3.63, 3.8) is 0 Å². The number of hydrogen-bond donors (Lipinski definition) is 1. The van der Waals surface area contributed by atoms with Crippen molar-refractivity contribution in [1.29, 1.82) is 0 Å². The Labute approximate surface area is 259 Å². The molecule has 0 bridgehead atoms. The fourth-order valence-electron chi connectivity index (χ4n) is 4.44. The Morgan fingerprint density at radius 3 is 2.16 bits per heavy atom. The lowest BCUT2D eigenvalue weighted by atomic mass is 9.98. The number of ether oxygens (including phenoxy) is 6. The molecule has 0 aliphatic carbocycles. The molecule has 1 N–H and O–H groups in total. The van der Waals surface area contributed by atoms with Crippen LogP contribution < -0.4 is 19.5 Å². The van der Waals surface area contributed by atoms with Gasteiger partial charge in [-0.25, -0.2) is 9.79 Å². The number of hydrogen-bond acceptors (Lipinski definition) is 10. The highest BCUT2D eigenvalue weighted by molar-refractivity contribution is 8.14. The van der Waals surface area contributed by atoms with Crippen molar-refractivity contribution < 1.29 is 37.6 Å². The third-order valence-corrected chi connectivity index (χ3v) is 13.4. The van der Waals surface area contributed by atoms with Crippen LogP contribution in [0.15, 0.2) is 53.5 Å². The number of fused-ring (bicyclic) bond motifs is 1. The summed E-state index contributed by atoms with van der Waals surface area (Å²) in [5, 5.41) is 2.82. The largest absolute Gasteiger partial charge is 0.497 e. The van der Waals surface area contributed by atoms with Gasteiger partial charge in [-0.1, -0.05) is 32.9 Å². The van der Waals surface area contributed by atoms with Crippen LogP contribution in [0.4, 0.5) is 4.79 Å². The van der Waals surface area contributed by atoms with Gasteiger partial charge in [0.25, 0.3) is 5.23 Å². The maximum absolute atomic E-state index is 12.2. The molecule has 2 aromatic carbocycles. The van der Waals surface area contributed by atoms with Gasteiger partial charge in [-0.05, 0) is 78.8 Å². The average molecular weight is 633 g/mol. The Balaban J connectivity index is 1.64. The van der Waals surface area contributed by atoms with Crippen LogP contribution in [-0.4, -0.2) is 76.8 Å². The highest BCUT2D eigenvalue weighted by Crippen LogP contribution is 2.44. The smallest absolute Gasteiger partial charge is 0.414 e. The molecule has 0 spiro atoms. The predicted octanol–water partition coefficient (Wildman–Crippen LogP) is 6.00. The number of alkyl carbamates (subject to hydrolysis) is 1. The molecule has 1 amide bonds. The number of methoxy groups -OCH3 is 2. The summed E-state index contributed by atoms with van der Waals surface area (Å²) in [7, 11) is 0.952. The number of rotatable bonds is 11. The predicted molar refractivity (Wildman–Crippen MR) is 170 cm³/mol. The van der Waals surface area contributed by atoms with Crippen molar-refractivity contribution in [3.8, 4) is 17.2 Å². The summed E-state index contributed by atoms with van der Waals surface area (Å²) in [6.45, 7) is 13.8. The molecule has 0 saturated carbocycles. The van der Waals surface area contributed by atoms with E-state index in [0.717, 1.165) is 17.1 Å². The van der Waals surface area contributed by atoms with E-state index in [1.165, 1.54) is 11.8 Å². The molecule has 2 aliphatic heterocycles. The van der Waals surface area contributed by atoms with Gasteiger partial charge in [-0.2, -0.15) is 0 Å². The third-order valence-electron chi connectivity index (χ3n) is 7.90. The van der Waals surface area contributed by atoms with Crippen molar-refractivity contribution >= 4 is 31.4 Å². The Morgan fingerprint density at radius 2 is 1.58 bits per heavy atom. The van der Waals surface area contributed by atoms with Gasteiger partial charge < -0.3 is 38.2 Å². The molecule has 2 aliphatic rings. The van der Waals surface area contributed by atoms with E-state index in [-0.39, 0.29) is 16.9 Å². The minimum Gasteiger partial charge on any atom is -0.497 e. The van der Waals surface area contributed by atoms with Crippen LogP contribution in [0.25, 0.3) is 0 Å². The molecule has 0 radical (unpaired) electrons. The number of aliphatic imine (C=N–C) groups is 1. The molecule has 2 aromatic rings. The molecule has 4 rings (SSSR count). The zero-order chi connectivity index (χ0) is 31.2. The second-order valence-corrected chi connectivity index (χ2v) is 17.7. The number of carbonyl (C=O) groups is 1. The molecule has 2 heterocycles. The van der Waals surface area contributed by atoms with E-state index in [9.17, 15) is 4.79 Å². The molecular weight excluding hydrogens is 589 g/mol. The lowest BCUT2D eigenvalue weighted by molar-refractivity contribution is -0.176. The van der Waals surface area contributed by atoms with Crippen LogP contribution in [0, 0.1) is 0 Å². The molecule has 10 nitrogen and oxygen atoms in total. The van der Waals surface area contributed by atoms with Gasteiger partial charge in [0.05, 0.1) is 20.8 Å². The van der Waals surface area contributed by atoms with Crippen molar-refractivity contribution in [2.24, 2.45) is 4.99 Å². The third kappa shape index (κ3) is 8.45. The lowest BCUT2D eigenvalue weighted by Gasteiger charge is -2.47. The maximum Gasteiger partial charge on any atom is 0.414 e. The fourth-order valence-corrected chi connectivity index (χ4v) is 6.81. The quantitative estimate of drug-likeness (QED) is 0.299. The Morgan fingerprint density at radius 1 is 0.977 bits per heavy atom. The van der Waals surface area contributed by atoms with E-state index in [4.69, 9.17) is 37.8 Å². The van der Waals surface area contributed by atoms with Gasteiger partial charge in [-0.15, -0.1) is 0 Å². The first-order chi connectivity index (χ1) is 20.4. The first kappa shape index (κ1) is 33.1.